The Balaban J connectivity index is 0.00000320. The van der Waals surface area contributed by atoms with E-state index in [1.165, 1.54) is 22.3 Å². The maximum Gasteiger partial charge on any atom is 0.191 e. The average Bonchev–Trinajstić information content (AvgIpc) is 2.69. The normalized spacial score (nSPS) is 19.8. The minimum atomic E-state index is 0. The van der Waals surface area contributed by atoms with E-state index in [4.69, 9.17) is 4.74 Å². The molecule has 1 aliphatic heterocycles. The fourth-order valence-corrected chi connectivity index (χ4v) is 3.93. The Bertz CT molecular complexity index is 816. The van der Waals surface area contributed by atoms with Gasteiger partial charge in [-0.05, 0) is 43.0 Å². The number of morpholine rings is 1. The van der Waals surface area contributed by atoms with Crippen LogP contribution in [0.1, 0.15) is 36.1 Å². The van der Waals surface area contributed by atoms with Gasteiger partial charge in [0, 0.05) is 39.8 Å². The highest BCUT2D eigenvalue weighted by atomic mass is 127. The molecule has 0 spiro atoms. The van der Waals surface area contributed by atoms with Crippen LogP contribution in [0.15, 0.2) is 53.5 Å². The molecular weight excluding hydrogens is 487 g/mol. The van der Waals surface area contributed by atoms with Crippen LogP contribution in [-0.4, -0.2) is 43.2 Å². The molecule has 0 aromatic heterocycles. The number of aryl methyl sites for hydroxylation is 1. The van der Waals surface area contributed by atoms with Crippen LogP contribution in [0.4, 0.5) is 0 Å². The third-order valence-electron chi connectivity index (χ3n) is 5.39. The van der Waals surface area contributed by atoms with Crippen molar-refractivity contribution in [1.29, 1.82) is 0 Å². The molecule has 30 heavy (non-hydrogen) atoms. The van der Waals surface area contributed by atoms with Gasteiger partial charge < -0.3 is 15.4 Å². The zero-order valence-electron chi connectivity index (χ0n) is 18.5. The smallest absolute Gasteiger partial charge is 0.191 e. The summed E-state index contributed by atoms with van der Waals surface area (Å²) in [5.41, 5.74) is 5.23. The molecule has 2 N–H and O–H groups in total. The molecule has 6 heteroatoms. The standard InChI is InChI=1S/C24H34N4O.HI/c1-18-9-5-6-10-21(18)13-26-24(25-4)27-14-22-11-7-8-12-23(22)17-28-15-19(2)29-20(3)16-28;/h5-12,19-20H,13-17H2,1-4H3,(H2,25,26,27);1H. The Hall–Kier alpha value is -1.64. The van der Waals surface area contributed by atoms with Gasteiger partial charge in [-0.3, -0.25) is 9.89 Å². The van der Waals surface area contributed by atoms with Gasteiger partial charge in [0.15, 0.2) is 5.96 Å². The number of hydrogen-bond donors (Lipinski definition) is 2. The predicted molar refractivity (Wildman–Crippen MR) is 135 cm³/mol. The maximum atomic E-state index is 5.87. The molecule has 3 rings (SSSR count). The molecule has 1 heterocycles. The molecule has 5 nitrogen and oxygen atoms in total. The van der Waals surface area contributed by atoms with Gasteiger partial charge in [0.2, 0.25) is 0 Å². The molecule has 0 bridgehead atoms. The molecule has 0 saturated carbocycles. The molecule has 0 amide bonds. The van der Waals surface area contributed by atoms with E-state index in [9.17, 15) is 0 Å². The van der Waals surface area contributed by atoms with Crippen molar-refractivity contribution in [3.05, 3.63) is 70.8 Å². The van der Waals surface area contributed by atoms with Crippen LogP contribution in [0, 0.1) is 6.92 Å². The first-order valence-electron chi connectivity index (χ1n) is 10.5. The second kappa shape index (κ2) is 12.3. The Morgan fingerprint density at radius 1 is 0.933 bits per heavy atom. The molecule has 1 saturated heterocycles. The number of hydrogen-bond acceptors (Lipinski definition) is 3. The zero-order chi connectivity index (χ0) is 20.6. The molecule has 2 atom stereocenters. The zero-order valence-corrected chi connectivity index (χ0v) is 20.9. The first-order chi connectivity index (χ1) is 14.0. The van der Waals surface area contributed by atoms with Crippen LogP contribution >= 0.6 is 24.0 Å². The Kier molecular flexibility index (Phi) is 10.1. The van der Waals surface area contributed by atoms with E-state index in [-0.39, 0.29) is 36.2 Å². The summed E-state index contributed by atoms with van der Waals surface area (Å²) in [7, 11) is 1.82. The van der Waals surface area contributed by atoms with Gasteiger partial charge in [-0.1, -0.05) is 48.5 Å². The van der Waals surface area contributed by atoms with Crippen molar-refractivity contribution >= 4 is 29.9 Å². The summed E-state index contributed by atoms with van der Waals surface area (Å²) < 4.78 is 5.87. The first kappa shape index (κ1) is 24.6. The van der Waals surface area contributed by atoms with E-state index in [2.05, 4.69) is 89.8 Å². The predicted octanol–water partition coefficient (Wildman–Crippen LogP) is 4.09. The summed E-state index contributed by atoms with van der Waals surface area (Å²) in [5, 5.41) is 6.89. The number of aliphatic imine (C=N–C) groups is 1. The first-order valence-corrected chi connectivity index (χ1v) is 10.5. The highest BCUT2D eigenvalue weighted by Gasteiger charge is 2.22. The molecule has 164 valence electrons. The third-order valence-corrected chi connectivity index (χ3v) is 5.39. The summed E-state index contributed by atoms with van der Waals surface area (Å²) in [6, 6.07) is 17.1. The Morgan fingerprint density at radius 3 is 2.07 bits per heavy atom. The molecule has 0 aliphatic carbocycles. The minimum Gasteiger partial charge on any atom is -0.373 e. The average molecular weight is 522 g/mol. The topological polar surface area (TPSA) is 48.9 Å². The van der Waals surface area contributed by atoms with Crippen LogP contribution in [0.3, 0.4) is 0 Å². The lowest BCUT2D eigenvalue weighted by Gasteiger charge is -2.35. The van der Waals surface area contributed by atoms with Gasteiger partial charge in [0.25, 0.3) is 0 Å². The summed E-state index contributed by atoms with van der Waals surface area (Å²) in [6.45, 7) is 10.9. The second-order valence-corrected chi connectivity index (χ2v) is 7.93. The summed E-state index contributed by atoms with van der Waals surface area (Å²) >= 11 is 0. The van der Waals surface area contributed by atoms with Crippen molar-refractivity contribution in [2.75, 3.05) is 20.1 Å². The van der Waals surface area contributed by atoms with Crippen LogP contribution in [0.2, 0.25) is 0 Å². The van der Waals surface area contributed by atoms with E-state index >= 15 is 0 Å². The number of nitrogens with zero attached hydrogens (tertiary/aromatic N) is 2. The molecular formula is C24H35IN4O. The Labute approximate surface area is 198 Å². The molecule has 1 aliphatic rings. The van der Waals surface area contributed by atoms with Crippen LogP contribution in [0.25, 0.3) is 0 Å². The monoisotopic (exact) mass is 522 g/mol. The summed E-state index contributed by atoms with van der Waals surface area (Å²) in [4.78, 5) is 6.87. The largest absolute Gasteiger partial charge is 0.373 e. The van der Waals surface area contributed by atoms with E-state index < -0.39 is 0 Å². The van der Waals surface area contributed by atoms with E-state index in [0.29, 0.717) is 0 Å². The highest BCUT2D eigenvalue weighted by molar-refractivity contribution is 14.0. The van der Waals surface area contributed by atoms with Gasteiger partial charge in [-0.25, -0.2) is 0 Å². The van der Waals surface area contributed by atoms with Crippen molar-refractivity contribution in [3.63, 3.8) is 0 Å². The van der Waals surface area contributed by atoms with E-state index in [1.807, 2.05) is 7.05 Å². The lowest BCUT2D eigenvalue weighted by molar-refractivity contribution is -0.0705. The fraction of sp³-hybridized carbons (Fsp3) is 0.458. The lowest BCUT2D eigenvalue weighted by atomic mass is 10.1. The Morgan fingerprint density at radius 2 is 1.47 bits per heavy atom. The van der Waals surface area contributed by atoms with Crippen LogP contribution in [0.5, 0.6) is 0 Å². The fourth-order valence-electron chi connectivity index (χ4n) is 3.93. The number of ether oxygens (including phenoxy) is 1. The SMILES string of the molecule is CN=C(NCc1ccccc1C)NCc1ccccc1CN1CC(C)OC(C)C1.I. The third kappa shape index (κ3) is 7.25. The number of nitrogens with one attached hydrogen (secondary N) is 2. The van der Waals surface area contributed by atoms with Crippen molar-refractivity contribution < 1.29 is 4.74 Å². The number of halogens is 1. The van der Waals surface area contributed by atoms with E-state index in [1.54, 1.807) is 0 Å². The summed E-state index contributed by atoms with van der Waals surface area (Å²) in [6.07, 6.45) is 0.571. The van der Waals surface area contributed by atoms with E-state index in [0.717, 1.165) is 38.7 Å². The second-order valence-electron chi connectivity index (χ2n) is 7.93. The molecule has 2 unspecified atom stereocenters. The molecule has 1 fully saturated rings. The van der Waals surface area contributed by atoms with Crippen LogP contribution < -0.4 is 10.6 Å². The molecule has 2 aromatic rings. The lowest BCUT2D eigenvalue weighted by Crippen LogP contribution is -2.45. The van der Waals surface area contributed by atoms with Gasteiger partial charge in [-0.2, -0.15) is 0 Å². The molecule has 0 radical (unpaired) electrons. The number of rotatable bonds is 6. The van der Waals surface area contributed by atoms with Gasteiger partial charge >= 0.3 is 0 Å². The number of benzene rings is 2. The van der Waals surface area contributed by atoms with Crippen molar-refractivity contribution in [1.82, 2.24) is 15.5 Å². The minimum absolute atomic E-state index is 0. The quantitative estimate of drug-likeness (QED) is 0.341. The van der Waals surface area contributed by atoms with Gasteiger partial charge in [0.1, 0.15) is 0 Å². The van der Waals surface area contributed by atoms with Gasteiger partial charge in [0.05, 0.1) is 12.2 Å². The van der Waals surface area contributed by atoms with Crippen LogP contribution in [-0.2, 0) is 24.4 Å². The number of guanidine groups is 1. The van der Waals surface area contributed by atoms with Crippen molar-refractivity contribution in [2.45, 2.75) is 52.6 Å². The van der Waals surface area contributed by atoms with Crippen molar-refractivity contribution in [3.8, 4) is 0 Å². The van der Waals surface area contributed by atoms with Crippen molar-refractivity contribution in [2.24, 2.45) is 4.99 Å². The van der Waals surface area contributed by atoms with Gasteiger partial charge in [-0.15, -0.1) is 24.0 Å². The molecule has 2 aromatic carbocycles. The maximum absolute atomic E-state index is 5.87. The highest BCUT2D eigenvalue weighted by Crippen LogP contribution is 2.17. The summed E-state index contributed by atoms with van der Waals surface area (Å²) in [5.74, 6) is 0.816.